The molecule has 5 heterocycles. The Morgan fingerprint density at radius 3 is 2.84 bits per heavy atom. The van der Waals surface area contributed by atoms with Gasteiger partial charge in [-0.2, -0.15) is 10.1 Å². The van der Waals surface area contributed by atoms with Gasteiger partial charge in [-0.25, -0.2) is 17.2 Å². The Morgan fingerprint density at radius 1 is 1.19 bits per heavy atom. The van der Waals surface area contributed by atoms with Gasteiger partial charge in [0.05, 0.1) is 6.26 Å². The third kappa shape index (κ3) is 5.14. The van der Waals surface area contributed by atoms with Crippen molar-refractivity contribution < 1.29 is 13.2 Å². The molecule has 1 aliphatic carbocycles. The molecule has 0 spiro atoms. The molecule has 1 unspecified atom stereocenters. The third-order valence-electron chi connectivity index (χ3n) is 7.57. The summed E-state index contributed by atoms with van der Waals surface area (Å²) in [4.78, 5) is 20.0. The number of H-pyrrole nitrogens is 1. The minimum Gasteiger partial charge on any atom is -0.354 e. The number of anilines is 3. The first-order valence-corrected chi connectivity index (χ1v) is 14.9. The van der Waals surface area contributed by atoms with Gasteiger partial charge in [-0.3, -0.25) is 9.89 Å². The predicted molar refractivity (Wildman–Crippen MR) is 139 cm³/mol. The van der Waals surface area contributed by atoms with Crippen LogP contribution in [0.2, 0.25) is 0 Å². The quantitative estimate of drug-likeness (QED) is 0.403. The molecule has 1 amide bonds. The highest BCUT2D eigenvalue weighted by atomic mass is 32.2. The maximum atomic E-state index is 13.2. The van der Waals surface area contributed by atoms with Crippen LogP contribution >= 0.6 is 0 Å². The number of carbonyl (C=O) groups excluding carboxylic acids is 1. The van der Waals surface area contributed by atoms with Crippen LogP contribution in [0, 0.1) is 5.92 Å². The Labute approximate surface area is 215 Å². The van der Waals surface area contributed by atoms with Crippen molar-refractivity contribution in [1.82, 2.24) is 34.4 Å². The zero-order valence-corrected chi connectivity index (χ0v) is 21.7. The summed E-state index contributed by atoms with van der Waals surface area (Å²) in [5.41, 5.74) is 1.96. The average Bonchev–Trinajstić information content (AvgIpc) is 3.26. The number of nitrogens with one attached hydrogen (secondary N) is 3. The number of fused-ring (bicyclic) bond motifs is 1. The Kier molecular flexibility index (Phi) is 6.27. The summed E-state index contributed by atoms with van der Waals surface area (Å²) < 4.78 is 27.2. The van der Waals surface area contributed by atoms with E-state index in [0.717, 1.165) is 30.5 Å². The van der Waals surface area contributed by atoms with Crippen LogP contribution in [0.3, 0.4) is 0 Å². The molecule has 3 aromatic rings. The highest BCUT2D eigenvalue weighted by molar-refractivity contribution is 7.88. The fourth-order valence-corrected chi connectivity index (χ4v) is 6.34. The molecule has 3 fully saturated rings. The average molecular weight is 528 g/mol. The number of hydrogen-bond donors (Lipinski definition) is 3. The van der Waals surface area contributed by atoms with Crippen LogP contribution in [0.25, 0.3) is 5.52 Å². The highest BCUT2D eigenvalue weighted by Gasteiger charge is 2.34. The number of amides is 1. The molecule has 198 valence electrons. The van der Waals surface area contributed by atoms with E-state index < -0.39 is 10.0 Å². The lowest BCUT2D eigenvalue weighted by Crippen LogP contribution is -2.48. The molecule has 0 bridgehead atoms. The number of nitrogens with zero attached hydrogens (tertiary/aromatic N) is 6. The number of aromatic nitrogens is 5. The van der Waals surface area contributed by atoms with Crippen molar-refractivity contribution in [2.75, 3.05) is 42.7 Å². The third-order valence-corrected chi connectivity index (χ3v) is 8.84. The number of rotatable bonds is 8. The molecule has 2 atom stereocenters. The molecule has 3 N–H and O–H groups in total. The van der Waals surface area contributed by atoms with Crippen LogP contribution in [0.1, 0.15) is 50.1 Å². The van der Waals surface area contributed by atoms with Gasteiger partial charge >= 0.3 is 0 Å². The second-order valence-electron chi connectivity index (χ2n) is 10.4. The number of hydrogen-bond acceptors (Lipinski definition) is 8. The van der Waals surface area contributed by atoms with Gasteiger partial charge < -0.3 is 15.5 Å². The first kappa shape index (κ1) is 24.2. The number of piperidine rings is 1. The van der Waals surface area contributed by atoms with Gasteiger partial charge in [0.2, 0.25) is 21.9 Å². The standard InChI is InChI=1S/C24H33N9O3S/c1-37(35,36)31-10-2-5-16(15-31)14-25-23(34)20-7-3-11-32(20)24-27-22(19-6-4-12-33(19)30-24)26-21-13-18(28-29-21)17-8-9-17/h4,6,12-13,16-17,20H,2-3,5,7-11,14-15H2,1H3,(H,25,34)(H2,26,27,28,29,30)/t16-,20?/m0/s1. The van der Waals surface area contributed by atoms with Crippen molar-refractivity contribution >= 4 is 39.0 Å². The van der Waals surface area contributed by atoms with Crippen LogP contribution in [-0.2, 0) is 14.8 Å². The topological polar surface area (TPSA) is 141 Å². The Balaban J connectivity index is 1.16. The smallest absolute Gasteiger partial charge is 0.246 e. The van der Waals surface area contributed by atoms with Crippen LogP contribution in [-0.4, -0.2) is 81.9 Å². The van der Waals surface area contributed by atoms with Gasteiger partial charge in [0.15, 0.2) is 11.6 Å². The molecule has 13 heteroatoms. The van der Waals surface area contributed by atoms with E-state index in [1.165, 1.54) is 23.4 Å². The van der Waals surface area contributed by atoms with Crippen LogP contribution < -0.4 is 15.5 Å². The first-order valence-electron chi connectivity index (χ1n) is 13.0. The van der Waals surface area contributed by atoms with Gasteiger partial charge in [0.1, 0.15) is 11.6 Å². The van der Waals surface area contributed by atoms with Crippen LogP contribution in [0.15, 0.2) is 24.4 Å². The second kappa shape index (κ2) is 9.60. The van der Waals surface area contributed by atoms with E-state index in [0.29, 0.717) is 56.1 Å². The van der Waals surface area contributed by atoms with Crippen LogP contribution in [0.4, 0.5) is 17.6 Å². The summed E-state index contributed by atoms with van der Waals surface area (Å²) in [6.45, 7) is 2.15. The molecule has 1 saturated carbocycles. The zero-order chi connectivity index (χ0) is 25.6. The lowest BCUT2D eigenvalue weighted by Gasteiger charge is -2.31. The predicted octanol–water partition coefficient (Wildman–Crippen LogP) is 1.83. The maximum absolute atomic E-state index is 13.2. The minimum absolute atomic E-state index is 0.0685. The lowest BCUT2D eigenvalue weighted by atomic mass is 9.99. The minimum atomic E-state index is -3.22. The van der Waals surface area contributed by atoms with Gasteiger partial charge in [0, 0.05) is 50.1 Å². The molecule has 12 nitrogen and oxygen atoms in total. The number of aromatic amines is 1. The SMILES string of the molecule is CS(=O)(=O)N1CCC[C@@H](CNC(=O)C2CCCN2c2nc(Nc3cc(C4CC4)[nH]n3)c3cccn3n2)C1. The summed E-state index contributed by atoms with van der Waals surface area (Å²) in [5, 5.41) is 18.6. The van der Waals surface area contributed by atoms with Gasteiger partial charge in [-0.05, 0) is 56.6 Å². The fourth-order valence-electron chi connectivity index (χ4n) is 5.40. The fraction of sp³-hybridized carbons (Fsp3) is 0.583. The normalized spacial score (nSPS) is 23.0. The monoisotopic (exact) mass is 527 g/mol. The summed E-state index contributed by atoms with van der Waals surface area (Å²) in [6.07, 6.45) is 8.78. The van der Waals surface area contributed by atoms with E-state index >= 15 is 0 Å². The maximum Gasteiger partial charge on any atom is 0.246 e. The molecule has 6 rings (SSSR count). The van der Waals surface area contributed by atoms with E-state index in [-0.39, 0.29) is 17.9 Å². The van der Waals surface area contributed by atoms with E-state index in [1.54, 1.807) is 4.52 Å². The lowest BCUT2D eigenvalue weighted by molar-refractivity contribution is -0.122. The second-order valence-corrected chi connectivity index (χ2v) is 12.4. The van der Waals surface area contributed by atoms with Gasteiger partial charge in [-0.1, -0.05) is 0 Å². The largest absolute Gasteiger partial charge is 0.354 e. The number of carbonyl (C=O) groups is 1. The summed E-state index contributed by atoms with van der Waals surface area (Å²) in [6, 6.07) is 5.51. The van der Waals surface area contributed by atoms with Crippen molar-refractivity contribution in [3.8, 4) is 0 Å². The van der Waals surface area contributed by atoms with Crippen molar-refractivity contribution in [2.24, 2.45) is 5.92 Å². The van der Waals surface area contributed by atoms with Crippen LogP contribution in [0.5, 0.6) is 0 Å². The first-order chi connectivity index (χ1) is 17.8. The molecule has 2 saturated heterocycles. The molecular formula is C24H33N9O3S. The molecule has 0 radical (unpaired) electrons. The van der Waals surface area contributed by atoms with E-state index in [1.807, 2.05) is 29.3 Å². The van der Waals surface area contributed by atoms with Crippen molar-refractivity contribution in [1.29, 1.82) is 0 Å². The summed E-state index contributed by atoms with van der Waals surface area (Å²) in [7, 11) is -3.22. The highest BCUT2D eigenvalue weighted by Crippen LogP contribution is 2.39. The Morgan fingerprint density at radius 2 is 2.03 bits per heavy atom. The van der Waals surface area contributed by atoms with Gasteiger partial charge in [-0.15, -0.1) is 5.10 Å². The molecule has 3 aromatic heterocycles. The molecular weight excluding hydrogens is 494 g/mol. The van der Waals surface area contributed by atoms with E-state index in [2.05, 4.69) is 20.8 Å². The van der Waals surface area contributed by atoms with Crippen molar-refractivity contribution in [3.05, 3.63) is 30.1 Å². The molecule has 2 aliphatic heterocycles. The summed E-state index contributed by atoms with van der Waals surface area (Å²) in [5.74, 6) is 2.45. The number of sulfonamides is 1. The van der Waals surface area contributed by atoms with Crippen molar-refractivity contribution in [3.63, 3.8) is 0 Å². The van der Waals surface area contributed by atoms with Crippen molar-refractivity contribution in [2.45, 2.75) is 50.5 Å². The molecule has 3 aliphatic rings. The molecule has 0 aromatic carbocycles. The Hall–Kier alpha value is -3.19. The van der Waals surface area contributed by atoms with E-state index in [9.17, 15) is 13.2 Å². The summed E-state index contributed by atoms with van der Waals surface area (Å²) >= 11 is 0. The molecule has 37 heavy (non-hydrogen) atoms. The zero-order valence-electron chi connectivity index (χ0n) is 20.9. The Bertz CT molecular complexity index is 1400. The van der Waals surface area contributed by atoms with Gasteiger partial charge in [0.25, 0.3) is 0 Å². The van der Waals surface area contributed by atoms with E-state index in [4.69, 9.17) is 10.1 Å².